The number of carbonyl (C=O) groups is 2. The second kappa shape index (κ2) is 4.84. The van der Waals surface area contributed by atoms with E-state index < -0.39 is 17.6 Å². The van der Waals surface area contributed by atoms with E-state index in [1.807, 2.05) is 0 Å². The molecule has 0 spiro atoms. The molecule has 0 amide bonds. The predicted molar refractivity (Wildman–Crippen MR) is 55.2 cm³/mol. The average molecular weight is 273 g/mol. The van der Waals surface area contributed by atoms with Crippen LogP contribution in [-0.2, 0) is 4.79 Å². The second-order valence-corrected chi connectivity index (χ2v) is 3.58. The van der Waals surface area contributed by atoms with E-state index in [1.54, 1.807) is 0 Å². The first kappa shape index (κ1) is 11.6. The molecule has 78 valence electrons. The highest BCUT2D eigenvalue weighted by Gasteiger charge is 2.09. The van der Waals surface area contributed by atoms with Gasteiger partial charge in [-0.3, -0.25) is 4.79 Å². The Kier molecular flexibility index (Phi) is 3.74. The Morgan fingerprint density at radius 3 is 2.60 bits per heavy atom. The molecule has 1 aromatic carbocycles. The summed E-state index contributed by atoms with van der Waals surface area (Å²) in [7, 11) is 0. The van der Waals surface area contributed by atoms with Gasteiger partial charge in [-0.05, 0) is 24.3 Å². The van der Waals surface area contributed by atoms with Crippen LogP contribution in [0.3, 0.4) is 0 Å². The van der Waals surface area contributed by atoms with E-state index in [1.165, 1.54) is 12.1 Å². The molecule has 0 fully saturated rings. The number of benzene rings is 1. The Bertz CT molecular complexity index is 440. The van der Waals surface area contributed by atoms with Gasteiger partial charge in [0.1, 0.15) is 5.82 Å². The van der Waals surface area contributed by atoms with Crippen molar-refractivity contribution >= 4 is 27.7 Å². The van der Waals surface area contributed by atoms with Crippen LogP contribution in [0.25, 0.3) is 0 Å². The lowest BCUT2D eigenvalue weighted by molar-refractivity contribution is -0.131. The number of ketones is 1. The Hall–Kier alpha value is -1.49. The molecular formula is C10H6BrFO3. The molecule has 0 aliphatic rings. The van der Waals surface area contributed by atoms with Gasteiger partial charge in [-0.15, -0.1) is 0 Å². The number of carbonyl (C=O) groups excluding carboxylic acids is 1. The van der Waals surface area contributed by atoms with Gasteiger partial charge in [0.25, 0.3) is 0 Å². The largest absolute Gasteiger partial charge is 0.478 e. The number of halogens is 2. The van der Waals surface area contributed by atoms with E-state index in [4.69, 9.17) is 5.11 Å². The zero-order valence-corrected chi connectivity index (χ0v) is 8.99. The van der Waals surface area contributed by atoms with Crippen molar-refractivity contribution in [1.29, 1.82) is 0 Å². The molecule has 0 heterocycles. The number of allylic oxidation sites excluding steroid dienone is 1. The minimum absolute atomic E-state index is 0.165. The Labute approximate surface area is 93.4 Å². The SMILES string of the molecule is O=C(O)/C=C/C(=O)c1cc(Br)ccc1F. The highest BCUT2D eigenvalue weighted by atomic mass is 79.9. The molecule has 0 atom stereocenters. The zero-order valence-electron chi connectivity index (χ0n) is 7.41. The van der Waals surface area contributed by atoms with E-state index in [-0.39, 0.29) is 5.56 Å². The fraction of sp³-hybridized carbons (Fsp3) is 0. The first-order valence-electron chi connectivity index (χ1n) is 3.91. The summed E-state index contributed by atoms with van der Waals surface area (Å²) in [5, 5.41) is 8.29. The van der Waals surface area contributed by atoms with E-state index >= 15 is 0 Å². The highest BCUT2D eigenvalue weighted by Crippen LogP contribution is 2.16. The van der Waals surface area contributed by atoms with Gasteiger partial charge < -0.3 is 5.11 Å². The van der Waals surface area contributed by atoms with E-state index in [2.05, 4.69) is 15.9 Å². The monoisotopic (exact) mass is 272 g/mol. The summed E-state index contributed by atoms with van der Waals surface area (Å²) in [5.41, 5.74) is -0.165. The van der Waals surface area contributed by atoms with Gasteiger partial charge in [0.15, 0.2) is 5.78 Å². The van der Waals surface area contributed by atoms with Crippen LogP contribution in [0, 0.1) is 5.82 Å². The van der Waals surface area contributed by atoms with Crippen LogP contribution in [0.15, 0.2) is 34.8 Å². The van der Waals surface area contributed by atoms with Gasteiger partial charge in [0, 0.05) is 10.5 Å². The number of rotatable bonds is 3. The summed E-state index contributed by atoms with van der Waals surface area (Å²) in [6, 6.07) is 3.88. The molecule has 15 heavy (non-hydrogen) atoms. The summed E-state index contributed by atoms with van der Waals surface area (Å²) >= 11 is 3.09. The number of hydrogen-bond acceptors (Lipinski definition) is 2. The van der Waals surface area contributed by atoms with Crippen molar-refractivity contribution in [2.75, 3.05) is 0 Å². The molecule has 1 N–H and O–H groups in total. The molecular weight excluding hydrogens is 267 g/mol. The van der Waals surface area contributed by atoms with E-state index in [9.17, 15) is 14.0 Å². The minimum Gasteiger partial charge on any atom is -0.478 e. The van der Waals surface area contributed by atoms with Crippen molar-refractivity contribution in [2.24, 2.45) is 0 Å². The molecule has 0 aromatic heterocycles. The Morgan fingerprint density at radius 1 is 1.33 bits per heavy atom. The molecule has 0 aliphatic heterocycles. The van der Waals surface area contributed by atoms with Gasteiger partial charge in [-0.1, -0.05) is 15.9 Å². The first-order chi connectivity index (χ1) is 7.00. The fourth-order valence-electron chi connectivity index (χ4n) is 0.923. The second-order valence-electron chi connectivity index (χ2n) is 2.66. The number of aliphatic carboxylic acids is 1. The average Bonchev–Trinajstić information content (AvgIpc) is 2.18. The highest BCUT2D eigenvalue weighted by molar-refractivity contribution is 9.10. The van der Waals surface area contributed by atoms with Gasteiger partial charge in [0.2, 0.25) is 0 Å². The number of hydrogen-bond donors (Lipinski definition) is 1. The van der Waals surface area contributed by atoms with Crippen LogP contribution in [0.4, 0.5) is 4.39 Å². The topological polar surface area (TPSA) is 54.4 Å². The van der Waals surface area contributed by atoms with Gasteiger partial charge in [-0.2, -0.15) is 0 Å². The molecule has 0 unspecified atom stereocenters. The molecule has 3 nitrogen and oxygen atoms in total. The quantitative estimate of drug-likeness (QED) is 0.679. The number of carboxylic acids is 1. The molecule has 0 aliphatic carbocycles. The van der Waals surface area contributed by atoms with Crippen molar-refractivity contribution in [1.82, 2.24) is 0 Å². The molecule has 0 saturated heterocycles. The predicted octanol–water partition coefficient (Wildman–Crippen LogP) is 2.41. The van der Waals surface area contributed by atoms with Crippen LogP contribution >= 0.6 is 15.9 Å². The van der Waals surface area contributed by atoms with Gasteiger partial charge in [-0.25, -0.2) is 9.18 Å². The molecule has 0 bridgehead atoms. The smallest absolute Gasteiger partial charge is 0.328 e. The summed E-state index contributed by atoms with van der Waals surface area (Å²) in [6.07, 6.45) is 1.48. The van der Waals surface area contributed by atoms with Crippen molar-refractivity contribution in [3.8, 4) is 0 Å². The Balaban J connectivity index is 3.01. The van der Waals surface area contributed by atoms with Crippen molar-refractivity contribution in [2.45, 2.75) is 0 Å². The fourth-order valence-corrected chi connectivity index (χ4v) is 1.28. The maximum absolute atomic E-state index is 13.1. The first-order valence-corrected chi connectivity index (χ1v) is 4.70. The lowest BCUT2D eigenvalue weighted by Crippen LogP contribution is -2.00. The minimum atomic E-state index is -1.25. The zero-order chi connectivity index (χ0) is 11.4. The third-order valence-electron chi connectivity index (χ3n) is 1.57. The van der Waals surface area contributed by atoms with Crippen molar-refractivity contribution in [3.05, 3.63) is 46.2 Å². The molecule has 1 rings (SSSR count). The molecule has 0 radical (unpaired) electrons. The van der Waals surface area contributed by atoms with Gasteiger partial charge >= 0.3 is 5.97 Å². The maximum atomic E-state index is 13.1. The van der Waals surface area contributed by atoms with Crippen molar-refractivity contribution < 1.29 is 19.1 Å². The normalized spacial score (nSPS) is 10.5. The Morgan fingerprint density at radius 2 is 2.00 bits per heavy atom. The summed E-state index contributed by atoms with van der Waals surface area (Å²) in [4.78, 5) is 21.5. The molecule has 5 heteroatoms. The third-order valence-corrected chi connectivity index (χ3v) is 2.06. The van der Waals surface area contributed by atoms with Crippen LogP contribution in [0.1, 0.15) is 10.4 Å². The summed E-state index contributed by atoms with van der Waals surface area (Å²) in [6.45, 7) is 0. The molecule has 0 saturated carbocycles. The van der Waals surface area contributed by atoms with Gasteiger partial charge in [0.05, 0.1) is 5.56 Å². The van der Waals surface area contributed by atoms with Crippen LogP contribution in [0.5, 0.6) is 0 Å². The lowest BCUT2D eigenvalue weighted by Gasteiger charge is -1.98. The third kappa shape index (κ3) is 3.28. The summed E-state index contributed by atoms with van der Waals surface area (Å²) < 4.78 is 13.7. The van der Waals surface area contributed by atoms with Crippen LogP contribution in [0.2, 0.25) is 0 Å². The van der Waals surface area contributed by atoms with Crippen molar-refractivity contribution in [3.63, 3.8) is 0 Å². The summed E-state index contributed by atoms with van der Waals surface area (Å²) in [5.74, 6) is -2.62. The number of carboxylic acid groups (broad SMARTS) is 1. The van der Waals surface area contributed by atoms with E-state index in [0.29, 0.717) is 10.5 Å². The lowest BCUT2D eigenvalue weighted by atomic mass is 10.1. The molecule has 1 aromatic rings. The van der Waals surface area contributed by atoms with E-state index in [0.717, 1.165) is 12.1 Å². The van der Waals surface area contributed by atoms with Crippen LogP contribution < -0.4 is 0 Å². The standard InChI is InChI=1S/C10H6BrFO3/c11-6-1-2-8(12)7(5-6)9(13)3-4-10(14)15/h1-5H,(H,14,15)/b4-3+. The van der Waals surface area contributed by atoms with Crippen LogP contribution in [-0.4, -0.2) is 16.9 Å². The maximum Gasteiger partial charge on any atom is 0.328 e.